The van der Waals surface area contributed by atoms with Crippen molar-refractivity contribution in [2.24, 2.45) is 0 Å². The monoisotopic (exact) mass is 148 g/mol. The predicted molar refractivity (Wildman–Crippen MR) is 18.2 cm³/mol. The van der Waals surface area contributed by atoms with Gasteiger partial charge in [0.05, 0.1) is 0 Å². The van der Waals surface area contributed by atoms with Crippen LogP contribution in [0.2, 0.25) is 0 Å². The SMILES string of the molecule is [MgH2].[OH-].[OH-].[Sr+2]. The minimum Gasteiger partial charge on any atom is -0.870 e. The summed E-state index contributed by atoms with van der Waals surface area (Å²) in [5.74, 6) is 0. The molecule has 20 valence electrons. The Bertz CT molecular complexity index is 6.00. The first-order valence-corrected chi connectivity index (χ1v) is 0. The molecule has 0 aromatic carbocycles. The third-order valence-corrected chi connectivity index (χ3v) is 0. The molecule has 4 heteroatoms. The third-order valence-electron chi connectivity index (χ3n) is 0. The van der Waals surface area contributed by atoms with E-state index >= 15 is 0 Å². The minimum atomic E-state index is 0. The van der Waals surface area contributed by atoms with Crippen molar-refractivity contribution in [1.29, 1.82) is 0 Å². The molecule has 2 nitrogen and oxygen atoms in total. The van der Waals surface area contributed by atoms with Crippen LogP contribution in [-0.4, -0.2) is 79.5 Å². The summed E-state index contributed by atoms with van der Waals surface area (Å²) in [5.41, 5.74) is 0. The standard InChI is InChI=1S/Mg.2H2O.Sr.2H/h;2*1H2;;;/q;;;+2;;/p-2. The molecule has 2 N–H and O–H groups in total. The van der Waals surface area contributed by atoms with Crippen LogP contribution in [0.4, 0.5) is 0 Å². The van der Waals surface area contributed by atoms with E-state index in [1.165, 1.54) is 0 Å². The maximum absolute atomic E-state index is 0. The van der Waals surface area contributed by atoms with Crippen molar-refractivity contribution in [3.8, 4) is 0 Å². The molecule has 0 bridgehead atoms. The normalized spacial score (nSPS) is 0. The van der Waals surface area contributed by atoms with Crippen LogP contribution in [0.15, 0.2) is 0 Å². The first-order chi connectivity index (χ1) is 0. The van der Waals surface area contributed by atoms with Gasteiger partial charge < -0.3 is 11.0 Å². The van der Waals surface area contributed by atoms with Crippen LogP contribution >= 0.6 is 0 Å². The fourth-order valence-corrected chi connectivity index (χ4v) is 0. The zero-order chi connectivity index (χ0) is 0. The van der Waals surface area contributed by atoms with E-state index in [1.807, 2.05) is 0 Å². The molecule has 4 heavy (non-hydrogen) atoms. The Hall–Kier alpha value is 2.17. The van der Waals surface area contributed by atoms with E-state index in [1.54, 1.807) is 0 Å². The number of hydrogen-bond donors (Lipinski definition) is 0. The summed E-state index contributed by atoms with van der Waals surface area (Å²) >= 11 is 0. The first kappa shape index (κ1) is 35.1. The molecule has 0 aromatic heterocycles. The van der Waals surface area contributed by atoms with Gasteiger partial charge in [-0.3, -0.25) is 0 Å². The van der Waals surface area contributed by atoms with Crippen LogP contribution in [0.1, 0.15) is 0 Å². The van der Waals surface area contributed by atoms with Crippen LogP contribution in [0.3, 0.4) is 0 Å². The van der Waals surface area contributed by atoms with Gasteiger partial charge in [-0.15, -0.1) is 0 Å². The second-order valence-corrected chi connectivity index (χ2v) is 0. The molecule has 0 radical (unpaired) electrons. The fraction of sp³-hybridized carbons (Fsp3) is 0. The van der Waals surface area contributed by atoms with Crippen LogP contribution in [0.25, 0.3) is 0 Å². The van der Waals surface area contributed by atoms with Crippen molar-refractivity contribution in [2.45, 2.75) is 0 Å². The van der Waals surface area contributed by atoms with E-state index in [2.05, 4.69) is 0 Å². The number of rotatable bonds is 0. The molecular formula is H4MgO2Sr. The van der Waals surface area contributed by atoms with Gasteiger partial charge in [0.25, 0.3) is 0 Å². The first-order valence-electron chi connectivity index (χ1n) is 0. The van der Waals surface area contributed by atoms with Gasteiger partial charge in [-0.05, 0) is 0 Å². The van der Waals surface area contributed by atoms with E-state index in [0.717, 1.165) is 0 Å². The Morgan fingerprint density at radius 1 is 0.750 bits per heavy atom. The fourth-order valence-electron chi connectivity index (χ4n) is 0. The van der Waals surface area contributed by atoms with Gasteiger partial charge in [0.1, 0.15) is 0 Å². The van der Waals surface area contributed by atoms with Crippen LogP contribution in [0, 0.1) is 0 Å². The molecule has 0 aromatic rings. The molecule has 0 spiro atoms. The molecule has 0 aliphatic carbocycles. The molecule has 0 atom stereocenters. The van der Waals surface area contributed by atoms with E-state index in [0.29, 0.717) is 0 Å². The van der Waals surface area contributed by atoms with Crippen LogP contribution in [-0.2, 0) is 0 Å². The average Bonchev–Trinajstić information content (AvgIpc) is 0. The molecule has 0 saturated carbocycles. The van der Waals surface area contributed by atoms with Crippen LogP contribution < -0.4 is 0 Å². The molecule has 0 heterocycles. The van der Waals surface area contributed by atoms with Gasteiger partial charge in [0.2, 0.25) is 0 Å². The summed E-state index contributed by atoms with van der Waals surface area (Å²) in [5, 5.41) is 0. The molecule has 0 aliphatic heterocycles. The van der Waals surface area contributed by atoms with Crippen molar-refractivity contribution in [1.82, 2.24) is 0 Å². The Morgan fingerprint density at radius 3 is 0.750 bits per heavy atom. The van der Waals surface area contributed by atoms with Gasteiger partial charge in [-0.1, -0.05) is 0 Å². The van der Waals surface area contributed by atoms with Crippen LogP contribution in [0.5, 0.6) is 0 Å². The zero-order valence-corrected chi connectivity index (χ0v) is 5.08. The zero-order valence-electron chi connectivity index (χ0n) is 1.60. The molecule has 0 aliphatic rings. The van der Waals surface area contributed by atoms with E-state index < -0.39 is 0 Å². The van der Waals surface area contributed by atoms with Crippen molar-refractivity contribution < 1.29 is 11.0 Å². The van der Waals surface area contributed by atoms with Crippen molar-refractivity contribution in [3.05, 3.63) is 0 Å². The molecule has 0 rings (SSSR count). The second kappa shape index (κ2) is 19.1. The average molecular weight is 148 g/mol. The van der Waals surface area contributed by atoms with Gasteiger partial charge in [-0.2, -0.15) is 0 Å². The predicted octanol–water partition coefficient (Wildman–Crippen LogP) is -1.65. The summed E-state index contributed by atoms with van der Waals surface area (Å²) in [6, 6.07) is 0. The maximum atomic E-state index is 0. The quantitative estimate of drug-likeness (QED) is 0.386. The van der Waals surface area contributed by atoms with Crippen molar-refractivity contribution in [2.75, 3.05) is 0 Å². The summed E-state index contributed by atoms with van der Waals surface area (Å²) in [6.45, 7) is 0. The Kier molecular flexibility index (Phi) is 167. The third kappa shape index (κ3) is 8.90. The molecular weight excluding hydrogens is 144 g/mol. The van der Waals surface area contributed by atoms with E-state index in [4.69, 9.17) is 0 Å². The summed E-state index contributed by atoms with van der Waals surface area (Å²) in [7, 11) is 0. The van der Waals surface area contributed by atoms with E-state index in [-0.39, 0.29) is 79.5 Å². The topological polar surface area (TPSA) is 60.0 Å². The molecule has 0 saturated heterocycles. The van der Waals surface area contributed by atoms with E-state index in [9.17, 15) is 0 Å². The van der Waals surface area contributed by atoms with Gasteiger partial charge in [0.15, 0.2) is 0 Å². The summed E-state index contributed by atoms with van der Waals surface area (Å²) in [6.07, 6.45) is 0. The van der Waals surface area contributed by atoms with Gasteiger partial charge in [0, 0.05) is 0 Å². The Morgan fingerprint density at radius 2 is 0.750 bits per heavy atom. The second-order valence-electron chi connectivity index (χ2n) is 0. The Labute approximate surface area is 78.0 Å². The smallest absolute Gasteiger partial charge is 0.870 e. The Balaban J connectivity index is 0. The van der Waals surface area contributed by atoms with Crippen molar-refractivity contribution in [3.63, 3.8) is 0 Å². The molecule has 0 fully saturated rings. The van der Waals surface area contributed by atoms with Crippen molar-refractivity contribution >= 4 is 68.5 Å². The minimum absolute atomic E-state index is 0. The largest absolute Gasteiger partial charge is 2.00 e. The summed E-state index contributed by atoms with van der Waals surface area (Å²) in [4.78, 5) is 0. The maximum Gasteiger partial charge on any atom is 2.00 e. The number of hydrogen-bond acceptors (Lipinski definition) is 2. The molecule has 0 amide bonds. The van der Waals surface area contributed by atoms with Gasteiger partial charge >= 0.3 is 68.5 Å². The van der Waals surface area contributed by atoms with Gasteiger partial charge in [-0.25, -0.2) is 0 Å². The summed E-state index contributed by atoms with van der Waals surface area (Å²) < 4.78 is 0. The molecule has 0 unspecified atom stereocenters.